The van der Waals surface area contributed by atoms with Gasteiger partial charge in [0.05, 0.1) is 12.7 Å². The van der Waals surface area contributed by atoms with Crippen molar-refractivity contribution in [3.8, 4) is 11.8 Å². The Hall–Kier alpha value is -1.62. The third-order valence-electron chi connectivity index (χ3n) is 4.57. The van der Waals surface area contributed by atoms with Crippen LogP contribution in [-0.4, -0.2) is 54.7 Å². The number of unbranched alkanes of at least 4 members (excludes halogenated alkanes) is 4. The maximum atomic E-state index is 12.2. The van der Waals surface area contributed by atoms with Gasteiger partial charge in [0.1, 0.15) is 17.9 Å². The quantitative estimate of drug-likeness (QED) is 0.128. The van der Waals surface area contributed by atoms with Crippen molar-refractivity contribution in [3.63, 3.8) is 0 Å². The number of phosphoric acid groups is 2. The van der Waals surface area contributed by atoms with Gasteiger partial charge in [-0.3, -0.25) is 18.9 Å². The summed E-state index contributed by atoms with van der Waals surface area (Å²) in [5, 5.41) is 10.1. The predicted octanol–water partition coefficient (Wildman–Crippen LogP) is -0.328. The van der Waals surface area contributed by atoms with Crippen LogP contribution in [0, 0.1) is 11.8 Å². The van der Waals surface area contributed by atoms with Gasteiger partial charge in [0.2, 0.25) is 0 Å². The summed E-state index contributed by atoms with van der Waals surface area (Å²) in [6, 6.07) is 0. The maximum Gasteiger partial charge on any atom is 0.481 e. The van der Waals surface area contributed by atoms with Crippen molar-refractivity contribution in [2.45, 2.75) is 57.0 Å². The summed E-state index contributed by atoms with van der Waals surface area (Å²) in [7, 11) is -10.4. The summed E-state index contributed by atoms with van der Waals surface area (Å²) >= 11 is 0. The largest absolute Gasteiger partial charge is 0.481 e. The minimum atomic E-state index is -5.30. The van der Waals surface area contributed by atoms with E-state index in [0.717, 1.165) is 30.3 Å². The lowest BCUT2D eigenvalue weighted by atomic mass is 10.1. The van der Waals surface area contributed by atoms with Crippen LogP contribution in [0.5, 0.6) is 0 Å². The van der Waals surface area contributed by atoms with Gasteiger partial charge in [0, 0.05) is 19.0 Å². The lowest BCUT2D eigenvalue weighted by Gasteiger charge is -2.18. The van der Waals surface area contributed by atoms with Crippen LogP contribution in [0.1, 0.15) is 50.3 Å². The van der Waals surface area contributed by atoms with Gasteiger partial charge in [-0.15, -0.1) is 0 Å². The van der Waals surface area contributed by atoms with Gasteiger partial charge < -0.3 is 30.3 Å². The van der Waals surface area contributed by atoms with Gasteiger partial charge in [0.15, 0.2) is 0 Å². The van der Waals surface area contributed by atoms with E-state index >= 15 is 0 Å². The summed E-state index contributed by atoms with van der Waals surface area (Å²) in [4.78, 5) is 52.9. The van der Waals surface area contributed by atoms with Crippen molar-refractivity contribution in [1.29, 1.82) is 0 Å². The Labute approximate surface area is 188 Å². The van der Waals surface area contributed by atoms with Crippen LogP contribution >= 0.6 is 15.6 Å². The van der Waals surface area contributed by atoms with Crippen molar-refractivity contribution in [3.05, 3.63) is 32.6 Å². The molecule has 1 unspecified atom stereocenters. The van der Waals surface area contributed by atoms with Crippen molar-refractivity contribution in [2.75, 3.05) is 13.2 Å². The number of H-pyrrole nitrogens is 1. The molecule has 0 bridgehead atoms. The number of aliphatic hydroxyl groups is 1. The number of hydrogen-bond donors (Lipinski definition) is 6. The number of aromatic nitrogens is 2. The highest BCUT2D eigenvalue weighted by atomic mass is 31.3. The second-order valence-electron chi connectivity index (χ2n) is 7.23. The molecular weight excluding hydrogens is 484 g/mol. The average Bonchev–Trinajstić information content (AvgIpc) is 3.06. The molecular formula is C17H27N3O11P2. The minimum Gasteiger partial charge on any atom is -0.390 e. The number of ether oxygens (including phenoxy) is 1. The third-order valence-corrected chi connectivity index (χ3v) is 6.72. The van der Waals surface area contributed by atoms with E-state index in [1.807, 2.05) is 0 Å². The van der Waals surface area contributed by atoms with E-state index in [9.17, 15) is 28.7 Å². The summed E-state index contributed by atoms with van der Waals surface area (Å²) in [5.74, 6) is 5.57. The molecule has 1 fully saturated rings. The monoisotopic (exact) mass is 511 g/mol. The number of aliphatic hydroxyl groups excluding tert-OH is 1. The van der Waals surface area contributed by atoms with Gasteiger partial charge in [-0.05, 0) is 19.4 Å². The Morgan fingerprint density at radius 2 is 1.91 bits per heavy atom. The zero-order valence-corrected chi connectivity index (χ0v) is 19.3. The molecule has 1 aliphatic rings. The average molecular weight is 511 g/mol. The van der Waals surface area contributed by atoms with E-state index in [1.54, 1.807) is 0 Å². The number of rotatable bonds is 11. The third kappa shape index (κ3) is 9.27. The van der Waals surface area contributed by atoms with Gasteiger partial charge in [-0.1, -0.05) is 24.7 Å². The van der Waals surface area contributed by atoms with Crippen molar-refractivity contribution >= 4 is 15.6 Å². The highest BCUT2D eigenvalue weighted by Gasteiger charge is 2.39. The Bertz CT molecular complexity index is 1070. The lowest BCUT2D eigenvalue weighted by Crippen LogP contribution is -2.33. The van der Waals surface area contributed by atoms with E-state index in [2.05, 4.69) is 25.7 Å². The molecule has 0 saturated carbocycles. The first kappa shape index (κ1) is 27.6. The zero-order chi connectivity index (χ0) is 24.6. The molecule has 0 aliphatic carbocycles. The van der Waals surface area contributed by atoms with Crippen molar-refractivity contribution < 1.29 is 42.5 Å². The van der Waals surface area contributed by atoms with Crippen LogP contribution in [0.4, 0.5) is 0 Å². The highest BCUT2D eigenvalue weighted by Crippen LogP contribution is 2.57. The van der Waals surface area contributed by atoms with Crippen LogP contribution < -0.4 is 17.0 Å². The fourth-order valence-corrected chi connectivity index (χ4v) is 4.62. The molecule has 16 heteroatoms. The van der Waals surface area contributed by atoms with Gasteiger partial charge >= 0.3 is 21.3 Å². The Balaban J connectivity index is 2.03. The van der Waals surface area contributed by atoms with Crippen molar-refractivity contribution in [1.82, 2.24) is 9.55 Å². The number of hydrogen-bond acceptors (Lipinski definition) is 9. The van der Waals surface area contributed by atoms with E-state index in [1.165, 1.54) is 6.20 Å². The van der Waals surface area contributed by atoms with Crippen LogP contribution in [0.15, 0.2) is 15.8 Å². The fraction of sp³-hybridized carbons (Fsp3) is 0.647. The summed E-state index contributed by atoms with van der Waals surface area (Å²) < 4.78 is 36.8. The lowest BCUT2D eigenvalue weighted by molar-refractivity contribution is -0.0450. The van der Waals surface area contributed by atoms with E-state index in [0.29, 0.717) is 13.0 Å². The van der Waals surface area contributed by atoms with Crippen LogP contribution in [-0.2, 0) is 22.7 Å². The minimum absolute atomic E-state index is 0.0178. The second kappa shape index (κ2) is 12.2. The highest BCUT2D eigenvalue weighted by molar-refractivity contribution is 7.60. The summed E-state index contributed by atoms with van der Waals surface area (Å²) in [6.07, 6.45) is 1.79. The fourth-order valence-electron chi connectivity index (χ4n) is 3.02. The van der Waals surface area contributed by atoms with Crippen molar-refractivity contribution in [2.24, 2.45) is 5.73 Å². The molecule has 186 valence electrons. The normalized spacial score (nSPS) is 22.5. The first-order chi connectivity index (χ1) is 15.4. The molecule has 7 N–H and O–H groups in total. The molecule has 1 aliphatic heterocycles. The standard InChI is InChI=1S/C17H27N3O11P2/c18-8-6-4-2-1-3-5-7-12-10-20(17(23)19-16(12)22)15-9-13(21)14(30-15)11-29-33(27,28)31-32(24,25)26/h10,13-15,21H,1-4,6,8-9,11,18H2,(H,27,28)(H,19,22,23)(H2,24,25,26)/t13-,14+,15+/m0/s1. The molecule has 0 radical (unpaired) electrons. The Morgan fingerprint density at radius 3 is 2.58 bits per heavy atom. The second-order valence-corrected chi connectivity index (χ2v) is 10.1. The van der Waals surface area contributed by atoms with Gasteiger partial charge in [-0.25, -0.2) is 13.9 Å². The first-order valence-electron chi connectivity index (χ1n) is 10.0. The zero-order valence-electron chi connectivity index (χ0n) is 17.5. The molecule has 4 atom stereocenters. The SMILES string of the molecule is NCCCCCCC#Cc1cn([C@H]2C[C@H](O)[C@@H](COP(=O)(O)OP(=O)(O)O)O2)c(=O)[nH]c1=O. The van der Waals surface area contributed by atoms with E-state index < -0.39 is 51.9 Å². The van der Waals surface area contributed by atoms with Gasteiger partial charge in [-0.2, -0.15) is 4.31 Å². The summed E-state index contributed by atoms with van der Waals surface area (Å²) in [5.41, 5.74) is 3.95. The maximum absolute atomic E-state index is 12.2. The molecule has 14 nitrogen and oxygen atoms in total. The van der Waals surface area contributed by atoms with Gasteiger partial charge in [0.25, 0.3) is 5.56 Å². The molecule has 2 rings (SSSR count). The molecule has 1 aromatic heterocycles. The van der Waals surface area contributed by atoms with Crippen LogP contribution in [0.2, 0.25) is 0 Å². The Kier molecular flexibility index (Phi) is 10.2. The molecule has 33 heavy (non-hydrogen) atoms. The molecule has 2 heterocycles. The molecule has 0 amide bonds. The topological polar surface area (TPSA) is 224 Å². The number of aromatic amines is 1. The predicted molar refractivity (Wildman–Crippen MR) is 114 cm³/mol. The molecule has 0 aromatic carbocycles. The van der Waals surface area contributed by atoms with E-state index in [-0.39, 0.29) is 12.0 Å². The number of nitrogens with one attached hydrogen (secondary N) is 1. The number of phosphoric ester groups is 1. The number of nitrogens with zero attached hydrogens (tertiary/aromatic N) is 1. The smallest absolute Gasteiger partial charge is 0.390 e. The molecule has 0 spiro atoms. The number of nitrogens with two attached hydrogens (primary N) is 1. The molecule has 1 aromatic rings. The first-order valence-corrected chi connectivity index (χ1v) is 13.1. The van der Waals surface area contributed by atoms with E-state index in [4.69, 9.17) is 20.3 Å². The molecule has 1 saturated heterocycles. The van der Waals surface area contributed by atoms with Crippen LogP contribution in [0.25, 0.3) is 0 Å². The van der Waals surface area contributed by atoms with Crippen LogP contribution in [0.3, 0.4) is 0 Å². The Morgan fingerprint density at radius 1 is 1.21 bits per heavy atom. The summed E-state index contributed by atoms with van der Waals surface area (Å²) in [6.45, 7) is -0.131.